The van der Waals surface area contributed by atoms with E-state index in [0.717, 1.165) is 57.0 Å². The van der Waals surface area contributed by atoms with E-state index in [1.807, 2.05) is 74.5 Å². The Morgan fingerprint density at radius 2 is 1.81 bits per heavy atom. The topological polar surface area (TPSA) is 46.9 Å². The Kier molecular flexibility index (Phi) is 6.38. The largest absolute Gasteiger partial charge is 0.352 e. The van der Waals surface area contributed by atoms with Gasteiger partial charge in [0.05, 0.1) is 17.6 Å². The third-order valence-electron chi connectivity index (χ3n) is 5.51. The first-order chi connectivity index (χ1) is 15.0. The number of aryl methyl sites for hydroxylation is 3. The van der Waals surface area contributed by atoms with Crippen LogP contribution in [0.3, 0.4) is 0 Å². The number of carbonyl (C=O) groups is 1. The number of nitrogens with zero attached hydrogens (tertiary/aromatic N) is 2. The Balaban J connectivity index is 1.46. The number of benzene rings is 3. The first kappa shape index (κ1) is 21.1. The van der Waals surface area contributed by atoms with Crippen molar-refractivity contribution in [2.75, 3.05) is 6.54 Å². The van der Waals surface area contributed by atoms with Gasteiger partial charge in [-0.15, -0.1) is 0 Å². The van der Waals surface area contributed by atoms with Crippen LogP contribution in [0.15, 0.2) is 66.7 Å². The zero-order chi connectivity index (χ0) is 21.8. The van der Waals surface area contributed by atoms with Gasteiger partial charge in [0.1, 0.15) is 5.82 Å². The monoisotopic (exact) mass is 431 g/mol. The summed E-state index contributed by atoms with van der Waals surface area (Å²) in [6, 6.07) is 22.0. The van der Waals surface area contributed by atoms with Crippen LogP contribution in [-0.2, 0) is 13.0 Å². The van der Waals surface area contributed by atoms with Crippen molar-refractivity contribution in [1.29, 1.82) is 0 Å². The molecule has 4 aromatic rings. The van der Waals surface area contributed by atoms with Gasteiger partial charge in [-0.3, -0.25) is 4.79 Å². The molecule has 0 aliphatic rings. The van der Waals surface area contributed by atoms with Gasteiger partial charge in [0.15, 0.2) is 0 Å². The standard InChI is InChI=1S/C26H26ClN3O/c1-18-13-14-21(19(2)16-18)26(31)28-15-7-12-25-29-23-10-5-6-11-24(23)30(25)17-20-8-3-4-9-22(20)27/h3-6,8-11,13-14,16H,7,12,15,17H2,1-2H3,(H,28,31). The number of hydrogen-bond donors (Lipinski definition) is 1. The molecular weight excluding hydrogens is 406 g/mol. The molecule has 0 unspecified atom stereocenters. The lowest BCUT2D eigenvalue weighted by molar-refractivity contribution is 0.0952. The van der Waals surface area contributed by atoms with Crippen molar-refractivity contribution in [3.05, 3.63) is 99.8 Å². The molecule has 0 saturated carbocycles. The summed E-state index contributed by atoms with van der Waals surface area (Å²) in [5.74, 6) is 0.976. The minimum atomic E-state index is -0.0259. The zero-order valence-corrected chi connectivity index (χ0v) is 18.6. The van der Waals surface area contributed by atoms with Gasteiger partial charge in [0, 0.05) is 23.6 Å². The molecule has 4 nitrogen and oxygen atoms in total. The summed E-state index contributed by atoms with van der Waals surface area (Å²) in [7, 11) is 0. The molecular formula is C26H26ClN3O. The molecule has 1 N–H and O–H groups in total. The van der Waals surface area contributed by atoms with Crippen LogP contribution in [0.1, 0.15) is 39.3 Å². The maximum absolute atomic E-state index is 12.5. The molecule has 31 heavy (non-hydrogen) atoms. The predicted octanol–water partition coefficient (Wildman–Crippen LogP) is 5.72. The van der Waals surface area contributed by atoms with Crippen molar-refractivity contribution in [3.63, 3.8) is 0 Å². The third-order valence-corrected chi connectivity index (χ3v) is 5.88. The Morgan fingerprint density at radius 3 is 2.61 bits per heavy atom. The molecule has 1 aromatic heterocycles. The molecule has 0 bridgehead atoms. The third kappa shape index (κ3) is 4.80. The number of carbonyl (C=O) groups excluding carboxylic acids is 1. The van der Waals surface area contributed by atoms with E-state index in [9.17, 15) is 4.79 Å². The first-order valence-corrected chi connectivity index (χ1v) is 10.9. The Labute approximate surface area is 187 Å². The predicted molar refractivity (Wildman–Crippen MR) is 127 cm³/mol. The highest BCUT2D eigenvalue weighted by molar-refractivity contribution is 6.31. The van der Waals surface area contributed by atoms with Crippen molar-refractivity contribution >= 4 is 28.5 Å². The van der Waals surface area contributed by atoms with Gasteiger partial charge >= 0.3 is 0 Å². The van der Waals surface area contributed by atoms with Crippen LogP contribution in [0.5, 0.6) is 0 Å². The number of fused-ring (bicyclic) bond motifs is 1. The van der Waals surface area contributed by atoms with Crippen molar-refractivity contribution in [2.24, 2.45) is 0 Å². The molecule has 0 atom stereocenters. The molecule has 1 heterocycles. The highest BCUT2D eigenvalue weighted by Gasteiger charge is 2.13. The Hall–Kier alpha value is -3.11. The highest BCUT2D eigenvalue weighted by Crippen LogP contribution is 2.22. The van der Waals surface area contributed by atoms with Crippen LogP contribution in [0.2, 0.25) is 5.02 Å². The number of rotatable bonds is 7. The summed E-state index contributed by atoms with van der Waals surface area (Å²) >= 11 is 6.41. The van der Waals surface area contributed by atoms with Gasteiger partial charge < -0.3 is 9.88 Å². The second kappa shape index (κ2) is 9.36. The van der Waals surface area contributed by atoms with E-state index in [-0.39, 0.29) is 5.91 Å². The van der Waals surface area contributed by atoms with Crippen LogP contribution in [0.25, 0.3) is 11.0 Å². The Morgan fingerprint density at radius 1 is 1.03 bits per heavy atom. The molecule has 1 amide bonds. The van der Waals surface area contributed by atoms with Crippen LogP contribution in [0, 0.1) is 13.8 Å². The molecule has 0 aliphatic heterocycles. The van der Waals surface area contributed by atoms with E-state index in [0.29, 0.717) is 13.1 Å². The number of imidazole rings is 1. The van der Waals surface area contributed by atoms with Gasteiger partial charge in [-0.1, -0.05) is 59.6 Å². The van der Waals surface area contributed by atoms with Crippen LogP contribution in [0.4, 0.5) is 0 Å². The number of nitrogens with one attached hydrogen (secondary N) is 1. The SMILES string of the molecule is Cc1ccc(C(=O)NCCCc2nc3ccccc3n2Cc2ccccc2Cl)c(C)c1. The van der Waals surface area contributed by atoms with Gasteiger partial charge in [0.25, 0.3) is 5.91 Å². The molecule has 0 spiro atoms. The van der Waals surface area contributed by atoms with Gasteiger partial charge in [0.2, 0.25) is 0 Å². The molecule has 4 rings (SSSR count). The van der Waals surface area contributed by atoms with Crippen LogP contribution in [-0.4, -0.2) is 22.0 Å². The molecule has 0 radical (unpaired) electrons. The van der Waals surface area contributed by atoms with E-state index in [1.165, 1.54) is 0 Å². The minimum Gasteiger partial charge on any atom is -0.352 e. The summed E-state index contributed by atoms with van der Waals surface area (Å²) < 4.78 is 2.22. The number of halogens is 1. The summed E-state index contributed by atoms with van der Waals surface area (Å²) in [6.45, 7) is 5.27. The van der Waals surface area contributed by atoms with Gasteiger partial charge in [-0.2, -0.15) is 0 Å². The van der Waals surface area contributed by atoms with Gasteiger partial charge in [-0.05, 0) is 55.7 Å². The molecule has 0 fully saturated rings. The van der Waals surface area contributed by atoms with Crippen molar-refractivity contribution in [3.8, 4) is 0 Å². The fourth-order valence-corrected chi connectivity index (χ4v) is 4.10. The van der Waals surface area contributed by atoms with Gasteiger partial charge in [-0.25, -0.2) is 4.98 Å². The average molecular weight is 432 g/mol. The molecule has 0 saturated heterocycles. The fraction of sp³-hybridized carbons (Fsp3) is 0.231. The maximum Gasteiger partial charge on any atom is 0.251 e. The van der Waals surface area contributed by atoms with Crippen molar-refractivity contribution in [2.45, 2.75) is 33.2 Å². The first-order valence-electron chi connectivity index (χ1n) is 10.6. The second-order valence-electron chi connectivity index (χ2n) is 7.87. The summed E-state index contributed by atoms with van der Waals surface area (Å²) in [5, 5.41) is 3.80. The van der Waals surface area contributed by atoms with Crippen molar-refractivity contribution < 1.29 is 4.79 Å². The van der Waals surface area contributed by atoms with E-state index in [4.69, 9.17) is 16.6 Å². The minimum absolute atomic E-state index is 0.0259. The molecule has 3 aromatic carbocycles. The van der Waals surface area contributed by atoms with E-state index in [2.05, 4.69) is 16.0 Å². The lowest BCUT2D eigenvalue weighted by Gasteiger charge is -2.11. The maximum atomic E-state index is 12.5. The summed E-state index contributed by atoms with van der Waals surface area (Å²) in [5.41, 5.74) is 6.03. The molecule has 0 aliphatic carbocycles. The fourth-order valence-electron chi connectivity index (χ4n) is 3.90. The summed E-state index contributed by atoms with van der Waals surface area (Å²) in [4.78, 5) is 17.4. The van der Waals surface area contributed by atoms with Crippen LogP contribution >= 0.6 is 11.6 Å². The number of amides is 1. The number of hydrogen-bond acceptors (Lipinski definition) is 2. The van der Waals surface area contributed by atoms with Crippen LogP contribution < -0.4 is 5.32 Å². The number of para-hydroxylation sites is 2. The number of aromatic nitrogens is 2. The highest BCUT2D eigenvalue weighted by atomic mass is 35.5. The lowest BCUT2D eigenvalue weighted by atomic mass is 10.1. The van der Waals surface area contributed by atoms with Crippen molar-refractivity contribution in [1.82, 2.24) is 14.9 Å². The smallest absolute Gasteiger partial charge is 0.251 e. The Bertz CT molecular complexity index is 1230. The lowest BCUT2D eigenvalue weighted by Crippen LogP contribution is -2.25. The molecule has 158 valence electrons. The van der Waals surface area contributed by atoms with E-state index in [1.54, 1.807) is 0 Å². The second-order valence-corrected chi connectivity index (χ2v) is 8.28. The van der Waals surface area contributed by atoms with E-state index >= 15 is 0 Å². The van der Waals surface area contributed by atoms with E-state index < -0.39 is 0 Å². The molecule has 5 heteroatoms. The zero-order valence-electron chi connectivity index (χ0n) is 17.9. The summed E-state index contributed by atoms with van der Waals surface area (Å²) in [6.07, 6.45) is 1.58. The quantitative estimate of drug-likeness (QED) is 0.380. The average Bonchev–Trinajstić information content (AvgIpc) is 3.10. The normalized spacial score (nSPS) is 11.1.